The van der Waals surface area contributed by atoms with E-state index in [4.69, 9.17) is 0 Å². The maximum atomic E-state index is 13.6. The number of H-pyrrole nitrogens is 1. The maximum Gasteiger partial charge on any atom is 0.282 e. The highest BCUT2D eigenvalue weighted by molar-refractivity contribution is 6.11. The Kier molecular flexibility index (Phi) is 5.78. The van der Waals surface area contributed by atoms with Gasteiger partial charge in [0.15, 0.2) is 5.69 Å². The molecule has 2 aliphatic rings. The SMILES string of the molecule is O=C(Nc1ccc(N2CC(F)(F)C2)nc1)c1n[nH]c2ccc(-c3cncc(CN4CCC(F)(F)C4)c3)cc12. The quantitative estimate of drug-likeness (QED) is 0.359. The summed E-state index contributed by atoms with van der Waals surface area (Å²) >= 11 is 0. The number of aromatic nitrogens is 4. The molecule has 196 valence electrons. The van der Waals surface area contributed by atoms with Gasteiger partial charge in [-0.25, -0.2) is 22.5 Å². The van der Waals surface area contributed by atoms with Gasteiger partial charge in [0, 0.05) is 42.9 Å². The molecule has 5 heterocycles. The van der Waals surface area contributed by atoms with Crippen LogP contribution in [0.2, 0.25) is 0 Å². The lowest BCUT2D eigenvalue weighted by atomic mass is 10.0. The van der Waals surface area contributed by atoms with Crippen molar-refractivity contribution in [2.75, 3.05) is 36.4 Å². The Bertz CT molecular complexity index is 1500. The Morgan fingerprint density at radius 1 is 0.974 bits per heavy atom. The molecule has 2 aliphatic heterocycles. The van der Waals surface area contributed by atoms with Crippen molar-refractivity contribution in [3.63, 3.8) is 0 Å². The normalized spacial score (nSPS) is 18.5. The van der Waals surface area contributed by atoms with Gasteiger partial charge in [0.05, 0.1) is 37.0 Å². The number of likely N-dealkylation sites (tertiary alicyclic amines) is 1. The number of carbonyl (C=O) groups excluding carboxylic acids is 1. The molecule has 0 bridgehead atoms. The molecule has 2 fully saturated rings. The Hall–Kier alpha value is -4.06. The zero-order chi connectivity index (χ0) is 26.5. The summed E-state index contributed by atoms with van der Waals surface area (Å²) < 4.78 is 53.3. The lowest BCUT2D eigenvalue weighted by Gasteiger charge is -2.39. The third kappa shape index (κ3) is 4.91. The minimum atomic E-state index is -2.70. The molecule has 4 aromatic rings. The molecule has 0 atom stereocenters. The van der Waals surface area contributed by atoms with Crippen molar-refractivity contribution in [1.82, 2.24) is 25.1 Å². The van der Waals surface area contributed by atoms with Gasteiger partial charge in [-0.2, -0.15) is 5.10 Å². The van der Waals surface area contributed by atoms with E-state index in [1.165, 1.54) is 11.1 Å². The van der Waals surface area contributed by atoms with E-state index < -0.39 is 17.8 Å². The van der Waals surface area contributed by atoms with Crippen LogP contribution in [0, 0.1) is 0 Å². The minimum absolute atomic E-state index is 0.139. The van der Waals surface area contributed by atoms with E-state index in [1.807, 2.05) is 18.2 Å². The van der Waals surface area contributed by atoms with Crippen LogP contribution < -0.4 is 10.2 Å². The van der Waals surface area contributed by atoms with E-state index >= 15 is 0 Å². The largest absolute Gasteiger partial charge is 0.344 e. The number of alkyl halides is 4. The van der Waals surface area contributed by atoms with E-state index in [0.717, 1.165) is 16.7 Å². The number of benzene rings is 1. The fraction of sp³-hybridized carbons (Fsp3) is 0.308. The number of nitrogens with zero attached hydrogens (tertiary/aromatic N) is 5. The van der Waals surface area contributed by atoms with Crippen LogP contribution in [-0.4, -0.2) is 69.0 Å². The monoisotopic (exact) mass is 525 g/mol. The summed E-state index contributed by atoms with van der Waals surface area (Å²) in [6.45, 7) is -0.295. The number of fused-ring (bicyclic) bond motifs is 1. The summed E-state index contributed by atoms with van der Waals surface area (Å²) in [7, 11) is 0. The number of carbonyl (C=O) groups is 1. The summed E-state index contributed by atoms with van der Waals surface area (Å²) in [4.78, 5) is 24.6. The van der Waals surface area contributed by atoms with E-state index in [2.05, 4.69) is 25.5 Å². The third-order valence-electron chi connectivity index (χ3n) is 6.74. The first-order valence-corrected chi connectivity index (χ1v) is 12.1. The van der Waals surface area contributed by atoms with Crippen LogP contribution in [0.1, 0.15) is 22.5 Å². The molecule has 0 unspecified atom stereocenters. The molecular weight excluding hydrogens is 502 g/mol. The number of anilines is 2. The van der Waals surface area contributed by atoms with E-state index in [-0.39, 0.29) is 31.7 Å². The van der Waals surface area contributed by atoms with Crippen LogP contribution in [0.5, 0.6) is 0 Å². The number of nitrogens with one attached hydrogen (secondary N) is 2. The van der Waals surface area contributed by atoms with Gasteiger partial charge in [-0.05, 0) is 41.5 Å². The van der Waals surface area contributed by atoms with E-state index in [0.29, 0.717) is 35.5 Å². The summed E-state index contributed by atoms with van der Waals surface area (Å²) in [6.07, 6.45) is 4.63. The molecule has 0 aliphatic carbocycles. The Labute approximate surface area is 214 Å². The summed E-state index contributed by atoms with van der Waals surface area (Å²) in [5, 5.41) is 10.4. The highest BCUT2D eigenvalue weighted by Crippen LogP contribution is 2.32. The number of pyridine rings is 2. The van der Waals surface area contributed by atoms with Crippen molar-refractivity contribution in [3.05, 3.63) is 66.2 Å². The van der Waals surface area contributed by atoms with Gasteiger partial charge in [-0.1, -0.05) is 6.07 Å². The third-order valence-corrected chi connectivity index (χ3v) is 6.74. The molecule has 1 aromatic carbocycles. The first-order chi connectivity index (χ1) is 18.1. The smallest absolute Gasteiger partial charge is 0.282 e. The summed E-state index contributed by atoms with van der Waals surface area (Å²) in [5.41, 5.74) is 3.66. The molecular formula is C26H23F4N7O. The van der Waals surface area contributed by atoms with Gasteiger partial charge < -0.3 is 10.2 Å². The molecule has 12 heteroatoms. The lowest BCUT2D eigenvalue weighted by Crippen LogP contribution is -2.56. The topological polar surface area (TPSA) is 90.0 Å². The second kappa shape index (κ2) is 9.05. The molecule has 2 saturated heterocycles. The van der Waals surface area contributed by atoms with Crippen molar-refractivity contribution in [2.45, 2.75) is 24.8 Å². The van der Waals surface area contributed by atoms with Crippen molar-refractivity contribution in [2.24, 2.45) is 0 Å². The van der Waals surface area contributed by atoms with Crippen molar-refractivity contribution in [1.29, 1.82) is 0 Å². The van der Waals surface area contributed by atoms with E-state index in [1.54, 1.807) is 35.5 Å². The van der Waals surface area contributed by atoms with Gasteiger partial charge in [-0.3, -0.25) is 19.8 Å². The number of halogens is 4. The van der Waals surface area contributed by atoms with Crippen molar-refractivity contribution < 1.29 is 22.4 Å². The van der Waals surface area contributed by atoms with Gasteiger partial charge >= 0.3 is 0 Å². The van der Waals surface area contributed by atoms with Gasteiger partial charge in [-0.15, -0.1) is 0 Å². The van der Waals surface area contributed by atoms with Crippen LogP contribution in [0.25, 0.3) is 22.0 Å². The second-order valence-electron chi connectivity index (χ2n) is 9.80. The van der Waals surface area contributed by atoms with Crippen LogP contribution in [0.4, 0.5) is 29.1 Å². The fourth-order valence-corrected chi connectivity index (χ4v) is 4.81. The molecule has 0 spiro atoms. The molecule has 0 radical (unpaired) electrons. The second-order valence-corrected chi connectivity index (χ2v) is 9.80. The van der Waals surface area contributed by atoms with Crippen LogP contribution in [-0.2, 0) is 6.54 Å². The predicted octanol–water partition coefficient (Wildman–Crippen LogP) is 4.57. The predicted molar refractivity (Wildman–Crippen MR) is 134 cm³/mol. The standard InChI is InChI=1S/C26H23F4N7O/c27-25(28)5-6-36(13-25)12-16-7-18(10-31-9-16)17-1-3-21-20(8-17)23(35-34-21)24(38)33-19-2-4-22(32-11-19)37-14-26(29,30)15-37/h1-4,7-11H,5-6,12-15H2,(H,33,38)(H,34,35). The van der Waals surface area contributed by atoms with Crippen molar-refractivity contribution >= 4 is 28.3 Å². The molecule has 3 aromatic heterocycles. The van der Waals surface area contributed by atoms with Gasteiger partial charge in [0.1, 0.15) is 5.82 Å². The molecule has 2 N–H and O–H groups in total. The first-order valence-electron chi connectivity index (χ1n) is 12.1. The molecule has 1 amide bonds. The number of rotatable bonds is 6. The zero-order valence-corrected chi connectivity index (χ0v) is 20.1. The average Bonchev–Trinajstić information content (AvgIpc) is 3.45. The highest BCUT2D eigenvalue weighted by Gasteiger charge is 2.44. The Balaban J connectivity index is 1.18. The molecule has 6 rings (SSSR count). The number of hydrogen-bond donors (Lipinski definition) is 2. The average molecular weight is 526 g/mol. The minimum Gasteiger partial charge on any atom is -0.344 e. The number of hydrogen-bond acceptors (Lipinski definition) is 6. The lowest BCUT2D eigenvalue weighted by molar-refractivity contribution is -0.0267. The molecule has 38 heavy (non-hydrogen) atoms. The summed E-state index contributed by atoms with van der Waals surface area (Å²) in [5.74, 6) is -5.39. The fourth-order valence-electron chi connectivity index (χ4n) is 4.81. The Morgan fingerprint density at radius 2 is 1.82 bits per heavy atom. The highest BCUT2D eigenvalue weighted by atomic mass is 19.3. The van der Waals surface area contributed by atoms with Gasteiger partial charge in [0.25, 0.3) is 17.8 Å². The molecule has 0 saturated carbocycles. The zero-order valence-electron chi connectivity index (χ0n) is 20.1. The maximum absolute atomic E-state index is 13.6. The first kappa shape index (κ1) is 24.3. The Morgan fingerprint density at radius 3 is 2.53 bits per heavy atom. The van der Waals surface area contributed by atoms with Crippen LogP contribution >= 0.6 is 0 Å². The van der Waals surface area contributed by atoms with Crippen LogP contribution in [0.15, 0.2) is 55.0 Å². The number of amides is 1. The van der Waals surface area contributed by atoms with E-state index in [9.17, 15) is 22.4 Å². The number of aromatic amines is 1. The molecule has 8 nitrogen and oxygen atoms in total. The summed E-state index contributed by atoms with van der Waals surface area (Å²) in [6, 6.07) is 10.6. The van der Waals surface area contributed by atoms with Crippen molar-refractivity contribution in [3.8, 4) is 11.1 Å². The van der Waals surface area contributed by atoms with Crippen LogP contribution in [0.3, 0.4) is 0 Å². The van der Waals surface area contributed by atoms with Gasteiger partial charge in [0.2, 0.25) is 0 Å².